The monoisotopic (exact) mass is 336 g/mol. The van der Waals surface area contributed by atoms with Crippen molar-refractivity contribution in [3.05, 3.63) is 47.5 Å². The third kappa shape index (κ3) is 4.07. The van der Waals surface area contributed by atoms with E-state index in [1.54, 1.807) is 29.2 Å². The zero-order chi connectivity index (χ0) is 16.2. The van der Waals surface area contributed by atoms with E-state index >= 15 is 0 Å². The molecule has 23 heavy (non-hydrogen) atoms. The van der Waals surface area contributed by atoms with E-state index in [4.69, 9.17) is 16.3 Å². The zero-order valence-corrected chi connectivity index (χ0v) is 12.8. The van der Waals surface area contributed by atoms with Crippen molar-refractivity contribution < 1.29 is 13.9 Å². The maximum Gasteiger partial charge on any atom is 0.321 e. The van der Waals surface area contributed by atoms with Crippen LogP contribution in [-0.2, 0) is 0 Å². The molecule has 1 aromatic heterocycles. The molecule has 2 amide bonds. The number of anilines is 1. The molecule has 2 heterocycles. The van der Waals surface area contributed by atoms with Crippen molar-refractivity contribution in [2.24, 2.45) is 0 Å². The molecule has 1 fully saturated rings. The zero-order valence-electron chi connectivity index (χ0n) is 12.1. The first-order chi connectivity index (χ1) is 11.1. The molecular formula is C15H14ClFN4O2. The first kappa shape index (κ1) is 15.5. The number of carbonyl (C=O) groups is 1. The van der Waals surface area contributed by atoms with Gasteiger partial charge in [-0.05, 0) is 18.2 Å². The van der Waals surface area contributed by atoms with E-state index in [1.807, 2.05) is 0 Å². The van der Waals surface area contributed by atoms with Crippen molar-refractivity contribution in [1.29, 1.82) is 0 Å². The molecule has 1 N–H and O–H groups in total. The van der Waals surface area contributed by atoms with E-state index in [0.29, 0.717) is 30.2 Å². The van der Waals surface area contributed by atoms with Crippen LogP contribution in [0.15, 0.2) is 36.7 Å². The highest BCUT2D eigenvalue weighted by Gasteiger charge is 2.28. The maximum absolute atomic E-state index is 12.8. The summed E-state index contributed by atoms with van der Waals surface area (Å²) in [5, 5.41) is 3.34. The quantitative estimate of drug-likeness (QED) is 0.935. The van der Waals surface area contributed by atoms with Gasteiger partial charge >= 0.3 is 12.0 Å². The lowest BCUT2D eigenvalue weighted by Crippen LogP contribution is -2.34. The summed E-state index contributed by atoms with van der Waals surface area (Å²) >= 11 is 5.89. The number of aromatic nitrogens is 2. The summed E-state index contributed by atoms with van der Waals surface area (Å²) in [4.78, 5) is 21.3. The number of ether oxygens (including phenoxy) is 1. The average Bonchev–Trinajstić information content (AvgIpc) is 2.98. The van der Waals surface area contributed by atoms with Crippen LogP contribution in [-0.4, -0.2) is 40.1 Å². The summed E-state index contributed by atoms with van der Waals surface area (Å²) in [5.41, 5.74) is 0.633. The predicted octanol–water partition coefficient (Wildman–Crippen LogP) is 2.95. The van der Waals surface area contributed by atoms with E-state index < -0.39 is 5.82 Å². The maximum atomic E-state index is 12.8. The number of hydrogen-bond acceptors (Lipinski definition) is 4. The van der Waals surface area contributed by atoms with Gasteiger partial charge in [0.1, 0.15) is 6.10 Å². The molecule has 1 aliphatic heterocycles. The highest BCUT2D eigenvalue weighted by Crippen LogP contribution is 2.18. The summed E-state index contributed by atoms with van der Waals surface area (Å²) in [6, 6.07) is 6.82. The molecule has 1 aromatic carbocycles. The van der Waals surface area contributed by atoms with Crippen LogP contribution in [0.3, 0.4) is 0 Å². The Labute approximate surface area is 137 Å². The number of rotatable bonds is 3. The van der Waals surface area contributed by atoms with Crippen LogP contribution < -0.4 is 10.1 Å². The Morgan fingerprint density at radius 2 is 2.17 bits per heavy atom. The third-order valence-electron chi connectivity index (χ3n) is 3.38. The van der Waals surface area contributed by atoms with Gasteiger partial charge in [-0.15, -0.1) is 0 Å². The molecule has 1 atom stereocenters. The number of benzene rings is 1. The van der Waals surface area contributed by atoms with E-state index in [-0.39, 0.29) is 18.1 Å². The van der Waals surface area contributed by atoms with Crippen LogP contribution in [0.2, 0.25) is 5.02 Å². The van der Waals surface area contributed by atoms with Crippen molar-refractivity contribution >= 4 is 23.3 Å². The van der Waals surface area contributed by atoms with Crippen LogP contribution in [0.1, 0.15) is 6.42 Å². The molecule has 1 saturated heterocycles. The second-order valence-electron chi connectivity index (χ2n) is 5.10. The summed E-state index contributed by atoms with van der Waals surface area (Å²) in [6.07, 6.45) is 2.52. The fourth-order valence-corrected chi connectivity index (χ4v) is 2.48. The summed E-state index contributed by atoms with van der Waals surface area (Å²) in [6.45, 7) is 0.964. The number of nitrogens with zero attached hydrogens (tertiary/aromatic N) is 3. The van der Waals surface area contributed by atoms with E-state index in [0.717, 1.165) is 12.4 Å². The SMILES string of the molecule is O=C(Nc1cccc(Cl)c1)N1CC[C@@H](Oc2ncc(F)cn2)C1. The van der Waals surface area contributed by atoms with Crippen LogP contribution in [0, 0.1) is 5.82 Å². The molecule has 6 nitrogen and oxygen atoms in total. The summed E-state index contributed by atoms with van der Waals surface area (Å²) in [7, 11) is 0. The van der Waals surface area contributed by atoms with Gasteiger partial charge in [0.25, 0.3) is 0 Å². The molecule has 0 saturated carbocycles. The number of carbonyl (C=O) groups excluding carboxylic acids is 1. The molecule has 2 aromatic rings. The largest absolute Gasteiger partial charge is 0.458 e. The van der Waals surface area contributed by atoms with Gasteiger partial charge in [-0.25, -0.2) is 19.2 Å². The molecule has 0 aliphatic carbocycles. The Bertz CT molecular complexity index is 698. The second kappa shape index (κ2) is 6.78. The Hall–Kier alpha value is -2.41. The van der Waals surface area contributed by atoms with Gasteiger partial charge < -0.3 is 15.0 Å². The molecule has 3 rings (SSSR count). The number of halogens is 2. The Morgan fingerprint density at radius 3 is 2.91 bits per heavy atom. The second-order valence-corrected chi connectivity index (χ2v) is 5.54. The first-order valence-electron chi connectivity index (χ1n) is 7.06. The van der Waals surface area contributed by atoms with Gasteiger partial charge in [0.15, 0.2) is 5.82 Å². The number of amides is 2. The summed E-state index contributed by atoms with van der Waals surface area (Å²) < 4.78 is 18.3. The van der Waals surface area contributed by atoms with Gasteiger partial charge in [-0.1, -0.05) is 17.7 Å². The van der Waals surface area contributed by atoms with Crippen LogP contribution in [0.4, 0.5) is 14.9 Å². The normalized spacial score (nSPS) is 17.1. The van der Waals surface area contributed by atoms with Gasteiger partial charge in [-0.3, -0.25) is 0 Å². The lowest BCUT2D eigenvalue weighted by atomic mass is 10.3. The molecule has 0 radical (unpaired) electrons. The van der Waals surface area contributed by atoms with Crippen molar-refractivity contribution in [3.8, 4) is 6.01 Å². The van der Waals surface area contributed by atoms with Gasteiger partial charge in [0, 0.05) is 23.7 Å². The van der Waals surface area contributed by atoms with Gasteiger partial charge in [0.2, 0.25) is 0 Å². The summed E-state index contributed by atoms with van der Waals surface area (Å²) in [5.74, 6) is -0.522. The van der Waals surface area contributed by atoms with Crippen molar-refractivity contribution in [2.75, 3.05) is 18.4 Å². The minimum absolute atomic E-state index is 0.105. The number of urea groups is 1. The van der Waals surface area contributed by atoms with Gasteiger partial charge in [0.05, 0.1) is 18.9 Å². The standard InChI is InChI=1S/C15H14ClFN4O2/c16-10-2-1-3-12(6-10)20-15(22)21-5-4-13(9-21)23-14-18-7-11(17)8-19-14/h1-3,6-8,13H,4-5,9H2,(H,20,22)/t13-/m1/s1. The van der Waals surface area contributed by atoms with Crippen molar-refractivity contribution in [1.82, 2.24) is 14.9 Å². The molecule has 1 aliphatic rings. The highest BCUT2D eigenvalue weighted by molar-refractivity contribution is 6.30. The predicted molar refractivity (Wildman–Crippen MR) is 83.1 cm³/mol. The van der Waals surface area contributed by atoms with E-state index in [1.165, 1.54) is 0 Å². The fourth-order valence-electron chi connectivity index (χ4n) is 2.29. The minimum atomic E-state index is -0.522. The van der Waals surface area contributed by atoms with E-state index in [2.05, 4.69) is 15.3 Å². The molecule has 0 bridgehead atoms. The Morgan fingerprint density at radius 1 is 1.39 bits per heavy atom. The Kier molecular flexibility index (Phi) is 4.57. The number of nitrogens with one attached hydrogen (secondary N) is 1. The lowest BCUT2D eigenvalue weighted by Gasteiger charge is -2.17. The number of likely N-dealkylation sites (tertiary alicyclic amines) is 1. The third-order valence-corrected chi connectivity index (χ3v) is 3.61. The fraction of sp³-hybridized carbons (Fsp3) is 0.267. The van der Waals surface area contributed by atoms with Crippen LogP contribution >= 0.6 is 11.6 Å². The molecule has 8 heteroatoms. The lowest BCUT2D eigenvalue weighted by molar-refractivity contribution is 0.183. The molecule has 0 spiro atoms. The smallest absolute Gasteiger partial charge is 0.321 e. The highest BCUT2D eigenvalue weighted by atomic mass is 35.5. The minimum Gasteiger partial charge on any atom is -0.458 e. The topological polar surface area (TPSA) is 67.4 Å². The molecular weight excluding hydrogens is 323 g/mol. The molecule has 120 valence electrons. The van der Waals surface area contributed by atoms with Crippen molar-refractivity contribution in [3.63, 3.8) is 0 Å². The first-order valence-corrected chi connectivity index (χ1v) is 7.43. The average molecular weight is 337 g/mol. The van der Waals surface area contributed by atoms with Gasteiger partial charge in [-0.2, -0.15) is 0 Å². The number of hydrogen-bond donors (Lipinski definition) is 1. The molecule has 0 unspecified atom stereocenters. The van der Waals surface area contributed by atoms with Crippen LogP contribution in [0.25, 0.3) is 0 Å². The Balaban J connectivity index is 1.54. The van der Waals surface area contributed by atoms with E-state index in [9.17, 15) is 9.18 Å². The van der Waals surface area contributed by atoms with Crippen LogP contribution in [0.5, 0.6) is 6.01 Å². The van der Waals surface area contributed by atoms with Crippen molar-refractivity contribution in [2.45, 2.75) is 12.5 Å².